The lowest BCUT2D eigenvalue weighted by atomic mass is 10.1. The second-order valence-corrected chi connectivity index (χ2v) is 6.86. The van der Waals surface area contributed by atoms with Gasteiger partial charge in [0.05, 0.1) is 11.0 Å². The van der Waals surface area contributed by atoms with Gasteiger partial charge in [0.25, 0.3) is 5.91 Å². The summed E-state index contributed by atoms with van der Waals surface area (Å²) in [6, 6.07) is 8.25. The van der Waals surface area contributed by atoms with Crippen molar-refractivity contribution in [1.29, 1.82) is 0 Å². The van der Waals surface area contributed by atoms with Gasteiger partial charge in [-0.2, -0.15) is 0 Å². The number of alkyl halides is 1. The quantitative estimate of drug-likeness (QED) is 0.855. The van der Waals surface area contributed by atoms with E-state index in [1.807, 2.05) is 19.1 Å². The Labute approximate surface area is 124 Å². The molecule has 1 aliphatic carbocycles. The number of halogens is 1. The summed E-state index contributed by atoms with van der Waals surface area (Å²) in [6.07, 6.45) is 0.942. The smallest absolute Gasteiger partial charge is 0.271 e. The van der Waals surface area contributed by atoms with Gasteiger partial charge < -0.3 is 5.32 Å². The second kappa shape index (κ2) is 5.06. The van der Waals surface area contributed by atoms with Gasteiger partial charge in [-0.25, -0.2) is 4.98 Å². The Balaban J connectivity index is 1.82. The molecule has 1 heterocycles. The van der Waals surface area contributed by atoms with E-state index in [0.717, 1.165) is 11.4 Å². The van der Waals surface area contributed by atoms with Gasteiger partial charge in [-0.1, -0.05) is 40.2 Å². The zero-order chi connectivity index (χ0) is 13.4. The van der Waals surface area contributed by atoms with E-state index in [-0.39, 0.29) is 16.8 Å². The van der Waals surface area contributed by atoms with Crippen LogP contribution in [0.15, 0.2) is 29.6 Å². The highest BCUT2D eigenvalue weighted by Crippen LogP contribution is 2.35. The molecule has 0 aliphatic heterocycles. The Bertz CT molecular complexity index is 625. The first kappa shape index (κ1) is 12.8. The zero-order valence-electron chi connectivity index (χ0n) is 10.4. The molecule has 5 heteroatoms. The topological polar surface area (TPSA) is 42.0 Å². The third-order valence-electron chi connectivity index (χ3n) is 3.31. The van der Waals surface area contributed by atoms with E-state index >= 15 is 0 Å². The number of carbonyl (C=O) groups is 1. The van der Waals surface area contributed by atoms with Crippen molar-refractivity contribution in [1.82, 2.24) is 10.3 Å². The standard InChI is InChI=1S/C14H13BrN2OS/c1-8-16-12(7-19-8)14(18)17-13-10-5-3-2-4-9(10)6-11(13)15/h2-5,7,11,13H,6H2,1H3,(H,17,18). The van der Waals surface area contributed by atoms with E-state index in [1.165, 1.54) is 22.5 Å². The van der Waals surface area contributed by atoms with Crippen LogP contribution in [0.1, 0.15) is 32.7 Å². The minimum absolute atomic E-state index is 0.0192. The lowest BCUT2D eigenvalue weighted by Gasteiger charge is -2.16. The highest BCUT2D eigenvalue weighted by molar-refractivity contribution is 9.09. The number of amides is 1. The van der Waals surface area contributed by atoms with E-state index in [0.29, 0.717) is 5.69 Å². The number of thiazole rings is 1. The summed E-state index contributed by atoms with van der Waals surface area (Å²) in [6.45, 7) is 1.90. The molecule has 1 amide bonds. The lowest BCUT2D eigenvalue weighted by molar-refractivity contribution is 0.0933. The molecular formula is C14H13BrN2OS. The van der Waals surface area contributed by atoms with Gasteiger partial charge in [0, 0.05) is 10.2 Å². The molecule has 0 spiro atoms. The number of nitrogens with one attached hydrogen (secondary N) is 1. The number of hydrogen-bond donors (Lipinski definition) is 1. The fraction of sp³-hybridized carbons (Fsp3) is 0.286. The molecule has 0 saturated heterocycles. The highest BCUT2D eigenvalue weighted by Gasteiger charge is 2.31. The number of aryl methyl sites for hydroxylation is 1. The van der Waals surface area contributed by atoms with Crippen molar-refractivity contribution in [3.8, 4) is 0 Å². The Morgan fingerprint density at radius 1 is 1.47 bits per heavy atom. The monoisotopic (exact) mass is 336 g/mol. The Kier molecular flexibility index (Phi) is 3.41. The van der Waals surface area contributed by atoms with Gasteiger partial charge in [-0.05, 0) is 24.5 Å². The first-order chi connectivity index (χ1) is 9.15. The number of hydrogen-bond acceptors (Lipinski definition) is 3. The SMILES string of the molecule is Cc1nc(C(=O)NC2c3ccccc3CC2Br)cs1. The molecule has 2 unspecified atom stereocenters. The van der Waals surface area contributed by atoms with Crippen LogP contribution in [0, 0.1) is 6.92 Å². The van der Waals surface area contributed by atoms with E-state index in [1.54, 1.807) is 5.38 Å². The summed E-state index contributed by atoms with van der Waals surface area (Å²) < 4.78 is 0. The fourth-order valence-corrected chi connectivity index (χ4v) is 3.76. The molecule has 1 N–H and O–H groups in total. The molecule has 0 fully saturated rings. The maximum atomic E-state index is 12.2. The molecular weight excluding hydrogens is 324 g/mol. The molecule has 1 aliphatic rings. The Morgan fingerprint density at radius 2 is 2.26 bits per heavy atom. The third-order valence-corrected chi connectivity index (χ3v) is 4.93. The van der Waals surface area contributed by atoms with Gasteiger partial charge in [-0.3, -0.25) is 4.79 Å². The van der Waals surface area contributed by atoms with Crippen molar-refractivity contribution in [2.75, 3.05) is 0 Å². The Hall–Kier alpha value is -1.20. The van der Waals surface area contributed by atoms with Crippen molar-refractivity contribution in [3.05, 3.63) is 51.5 Å². The first-order valence-corrected chi connectivity index (χ1v) is 7.89. The van der Waals surface area contributed by atoms with Crippen LogP contribution in [0.4, 0.5) is 0 Å². The molecule has 3 rings (SSSR count). The number of benzene rings is 1. The highest BCUT2D eigenvalue weighted by atomic mass is 79.9. The predicted molar refractivity (Wildman–Crippen MR) is 79.9 cm³/mol. The van der Waals surface area contributed by atoms with Crippen LogP contribution < -0.4 is 5.32 Å². The average molecular weight is 337 g/mol. The first-order valence-electron chi connectivity index (χ1n) is 6.10. The van der Waals surface area contributed by atoms with Crippen molar-refractivity contribution >= 4 is 33.2 Å². The average Bonchev–Trinajstić information content (AvgIpc) is 2.95. The second-order valence-electron chi connectivity index (χ2n) is 4.62. The summed E-state index contributed by atoms with van der Waals surface area (Å²) in [7, 11) is 0. The van der Waals surface area contributed by atoms with Crippen molar-refractivity contribution in [3.63, 3.8) is 0 Å². The van der Waals surface area contributed by atoms with E-state index in [2.05, 4.69) is 38.4 Å². The zero-order valence-corrected chi connectivity index (χ0v) is 12.8. The molecule has 3 nitrogen and oxygen atoms in total. The van der Waals surface area contributed by atoms with Gasteiger partial charge in [0.15, 0.2) is 0 Å². The largest absolute Gasteiger partial charge is 0.343 e. The van der Waals surface area contributed by atoms with Crippen molar-refractivity contribution in [2.24, 2.45) is 0 Å². The molecule has 0 radical (unpaired) electrons. The van der Waals surface area contributed by atoms with Gasteiger partial charge in [-0.15, -0.1) is 11.3 Å². The minimum atomic E-state index is -0.101. The molecule has 19 heavy (non-hydrogen) atoms. The fourth-order valence-electron chi connectivity index (χ4n) is 2.40. The maximum Gasteiger partial charge on any atom is 0.271 e. The van der Waals surface area contributed by atoms with Gasteiger partial charge in [0.2, 0.25) is 0 Å². The maximum absolute atomic E-state index is 12.2. The van der Waals surface area contributed by atoms with Crippen LogP contribution in [0.3, 0.4) is 0 Å². The minimum Gasteiger partial charge on any atom is -0.343 e. The van der Waals surface area contributed by atoms with Crippen LogP contribution in [0.25, 0.3) is 0 Å². The van der Waals surface area contributed by atoms with Gasteiger partial charge >= 0.3 is 0 Å². The summed E-state index contributed by atoms with van der Waals surface area (Å²) in [5.74, 6) is -0.101. The molecule has 98 valence electrons. The molecule has 0 bridgehead atoms. The summed E-state index contributed by atoms with van der Waals surface area (Å²) in [5.41, 5.74) is 3.00. The van der Waals surface area contributed by atoms with Crippen molar-refractivity contribution < 1.29 is 4.79 Å². The number of aromatic nitrogens is 1. The molecule has 1 aromatic heterocycles. The number of rotatable bonds is 2. The van der Waals surface area contributed by atoms with Gasteiger partial charge in [0.1, 0.15) is 5.69 Å². The summed E-state index contributed by atoms with van der Waals surface area (Å²) >= 11 is 5.15. The normalized spacial score (nSPS) is 21.2. The summed E-state index contributed by atoms with van der Waals surface area (Å²) in [5, 5.41) is 5.78. The molecule has 2 atom stereocenters. The number of fused-ring (bicyclic) bond motifs is 1. The Morgan fingerprint density at radius 3 is 3.00 bits per heavy atom. The van der Waals surface area contributed by atoms with Crippen LogP contribution in [0.5, 0.6) is 0 Å². The van der Waals surface area contributed by atoms with Crippen LogP contribution in [-0.4, -0.2) is 15.7 Å². The lowest BCUT2D eigenvalue weighted by Crippen LogP contribution is -2.31. The summed E-state index contributed by atoms with van der Waals surface area (Å²) in [4.78, 5) is 16.7. The number of nitrogens with zero attached hydrogens (tertiary/aromatic N) is 1. The molecule has 0 saturated carbocycles. The predicted octanol–water partition coefficient (Wildman–Crippen LogP) is 3.24. The van der Waals surface area contributed by atoms with E-state index in [4.69, 9.17) is 0 Å². The van der Waals surface area contributed by atoms with Crippen LogP contribution >= 0.6 is 27.3 Å². The molecule has 2 aromatic rings. The molecule has 1 aromatic carbocycles. The number of carbonyl (C=O) groups excluding carboxylic acids is 1. The van der Waals surface area contributed by atoms with E-state index < -0.39 is 0 Å². The van der Waals surface area contributed by atoms with Crippen molar-refractivity contribution in [2.45, 2.75) is 24.2 Å². The van der Waals surface area contributed by atoms with Crippen LogP contribution in [0.2, 0.25) is 0 Å². The van der Waals surface area contributed by atoms with E-state index in [9.17, 15) is 4.79 Å². The van der Waals surface area contributed by atoms with Crippen LogP contribution in [-0.2, 0) is 6.42 Å². The third kappa shape index (κ3) is 2.44.